The molecule has 4 heterocycles. The molecule has 0 spiro atoms. The zero-order valence-corrected chi connectivity index (χ0v) is 30.0. The van der Waals surface area contributed by atoms with Gasteiger partial charge in [-0.1, -0.05) is 24.3 Å². The largest absolute Gasteiger partial charge is 0.460 e. The summed E-state index contributed by atoms with van der Waals surface area (Å²) in [4.78, 5) is 47.7. The Morgan fingerprint density at radius 1 is 1.10 bits per heavy atom. The van der Waals surface area contributed by atoms with Crippen LogP contribution in [-0.4, -0.2) is 92.7 Å². The van der Waals surface area contributed by atoms with E-state index in [0.29, 0.717) is 39.3 Å². The molecule has 0 bridgehead atoms. The molecule has 0 unspecified atom stereocenters. The molecule has 2 aromatic carbocycles. The quantitative estimate of drug-likeness (QED) is 0.126. The Bertz CT molecular complexity index is 2040. The number of rotatable bonds is 12. The normalized spacial score (nSPS) is 15.0. The standard InChI is InChI=1S/C36H44N6O7S/c1-6-47-35(44)32-38-34(49-40-32)30(19-24-17-23(2)31-27(18-24)21-42(39-31)22-46-15-16-50(3,4)5)48-36(45)41-13-11-25(12-14-41)28-20-26-9-7-8-10-29(26)37-33(28)43/h7-10,17-18,20-21,25,30H,6,11-16,19,22H2,1-5H3,(H,37,43)/t30-/m1/s1. The number of likely N-dealkylation sites (tertiary alicyclic amines) is 1. The molecule has 1 N–H and O–H groups in total. The van der Waals surface area contributed by atoms with E-state index < -0.39 is 28.2 Å². The number of carbonyl (C=O) groups is 2. The van der Waals surface area contributed by atoms with Gasteiger partial charge in [-0.3, -0.25) is 4.79 Å². The molecule has 14 heteroatoms. The Morgan fingerprint density at radius 3 is 2.64 bits per heavy atom. The number of ether oxygens (including phenoxy) is 3. The lowest BCUT2D eigenvalue weighted by atomic mass is 9.89. The number of amides is 1. The number of para-hydroxylation sites is 1. The first-order valence-corrected chi connectivity index (χ1v) is 19.8. The highest BCUT2D eigenvalue weighted by atomic mass is 32.3. The van der Waals surface area contributed by atoms with Crippen molar-refractivity contribution in [3.05, 3.63) is 87.4 Å². The SMILES string of the molecule is CCOC(=O)c1noc([C@@H](Cc2cc(C)c3nn(COCCS(C)(C)C)cc3c2)OC(=O)N2CCC(c3cc4ccccc4[nH]c3=O)CC2)n1. The van der Waals surface area contributed by atoms with Gasteiger partial charge in [0.05, 0.1) is 18.7 Å². The van der Waals surface area contributed by atoms with E-state index in [1.807, 2.05) is 55.6 Å². The summed E-state index contributed by atoms with van der Waals surface area (Å²) < 4.78 is 24.2. The van der Waals surface area contributed by atoms with Crippen molar-refractivity contribution in [3.63, 3.8) is 0 Å². The van der Waals surface area contributed by atoms with Crippen LogP contribution in [0.3, 0.4) is 0 Å². The molecular weight excluding hydrogens is 660 g/mol. The van der Waals surface area contributed by atoms with Crippen LogP contribution in [0.25, 0.3) is 21.8 Å². The second kappa shape index (κ2) is 15.1. The molecule has 1 aliphatic rings. The molecule has 0 saturated carbocycles. The van der Waals surface area contributed by atoms with Crippen LogP contribution < -0.4 is 5.56 Å². The highest BCUT2D eigenvalue weighted by Crippen LogP contribution is 2.34. The minimum atomic E-state index is -0.977. The summed E-state index contributed by atoms with van der Waals surface area (Å²) in [5, 5.41) is 10.4. The molecule has 5 aromatic rings. The van der Waals surface area contributed by atoms with E-state index >= 15 is 0 Å². The molecule has 0 aliphatic carbocycles. The number of nitrogens with one attached hydrogen (secondary N) is 1. The highest BCUT2D eigenvalue weighted by molar-refractivity contribution is 8.32. The number of piperidine rings is 1. The number of aromatic nitrogens is 5. The smallest absolute Gasteiger partial charge is 0.410 e. The molecular formula is C36H44N6O7S. The summed E-state index contributed by atoms with van der Waals surface area (Å²) in [6.07, 6.45) is 8.63. The van der Waals surface area contributed by atoms with E-state index in [9.17, 15) is 14.4 Å². The average Bonchev–Trinajstić information content (AvgIpc) is 3.74. The first-order chi connectivity index (χ1) is 24.0. The molecule has 1 aliphatic heterocycles. The van der Waals surface area contributed by atoms with Crippen molar-refractivity contribution in [2.24, 2.45) is 0 Å². The molecule has 266 valence electrons. The minimum absolute atomic E-state index is 0.00639. The van der Waals surface area contributed by atoms with Gasteiger partial charge in [-0.15, -0.1) is 0 Å². The van der Waals surface area contributed by atoms with Crippen molar-refractivity contribution in [2.75, 3.05) is 50.8 Å². The minimum Gasteiger partial charge on any atom is -0.460 e. The van der Waals surface area contributed by atoms with Gasteiger partial charge in [0.15, 0.2) is 6.10 Å². The summed E-state index contributed by atoms with van der Waals surface area (Å²) >= 11 is 0. The van der Waals surface area contributed by atoms with Crippen molar-refractivity contribution in [1.29, 1.82) is 0 Å². The van der Waals surface area contributed by atoms with Crippen molar-refractivity contribution >= 4 is 43.9 Å². The number of fused-ring (bicyclic) bond motifs is 2. The number of hydrogen-bond acceptors (Lipinski definition) is 10. The van der Waals surface area contributed by atoms with Crippen LogP contribution in [0.5, 0.6) is 0 Å². The van der Waals surface area contributed by atoms with Gasteiger partial charge in [0.1, 0.15) is 6.73 Å². The average molecular weight is 705 g/mol. The number of pyridine rings is 1. The number of hydrogen-bond donors (Lipinski definition) is 1. The summed E-state index contributed by atoms with van der Waals surface area (Å²) in [6, 6.07) is 13.6. The van der Waals surface area contributed by atoms with Crippen molar-refractivity contribution in [3.8, 4) is 0 Å². The molecule has 0 radical (unpaired) electrons. The maximum atomic E-state index is 13.6. The van der Waals surface area contributed by atoms with Gasteiger partial charge in [-0.2, -0.15) is 10.1 Å². The van der Waals surface area contributed by atoms with E-state index in [0.717, 1.165) is 44.2 Å². The van der Waals surface area contributed by atoms with Crippen molar-refractivity contribution in [2.45, 2.75) is 51.9 Å². The monoisotopic (exact) mass is 704 g/mol. The van der Waals surface area contributed by atoms with Crippen LogP contribution in [0.1, 0.15) is 65.0 Å². The van der Waals surface area contributed by atoms with E-state index in [2.05, 4.69) is 33.9 Å². The lowest BCUT2D eigenvalue weighted by Gasteiger charge is -2.32. The molecule has 1 atom stereocenters. The summed E-state index contributed by atoms with van der Waals surface area (Å²) in [5.41, 5.74) is 4.07. The van der Waals surface area contributed by atoms with Gasteiger partial charge in [-0.05, 0) is 91.2 Å². The second-order valence-electron chi connectivity index (χ2n) is 13.5. The fraction of sp³-hybridized carbons (Fsp3) is 0.444. The van der Waals surface area contributed by atoms with Crippen molar-refractivity contribution in [1.82, 2.24) is 29.8 Å². The van der Waals surface area contributed by atoms with Crippen LogP contribution >= 0.6 is 10.0 Å². The lowest BCUT2D eigenvalue weighted by Crippen LogP contribution is -2.39. The third-order valence-corrected chi connectivity index (χ3v) is 10.2. The fourth-order valence-corrected chi connectivity index (χ4v) is 6.78. The lowest BCUT2D eigenvalue weighted by molar-refractivity contribution is 0.0415. The van der Waals surface area contributed by atoms with Crippen LogP contribution in [0.4, 0.5) is 4.79 Å². The van der Waals surface area contributed by atoms with E-state index in [-0.39, 0.29) is 36.2 Å². The first kappa shape index (κ1) is 35.1. The predicted octanol–water partition coefficient (Wildman–Crippen LogP) is 5.71. The second-order valence-corrected chi connectivity index (χ2v) is 18.1. The summed E-state index contributed by atoms with van der Waals surface area (Å²) in [5.74, 6) is 0.0421. The Kier molecular flexibility index (Phi) is 10.6. The van der Waals surface area contributed by atoms with Gasteiger partial charge in [0, 0.05) is 47.9 Å². The van der Waals surface area contributed by atoms with Crippen molar-refractivity contribution < 1.29 is 28.3 Å². The molecule has 1 saturated heterocycles. The Labute approximate surface area is 291 Å². The number of aryl methyl sites for hydroxylation is 1. The highest BCUT2D eigenvalue weighted by Gasteiger charge is 2.31. The fourth-order valence-electron chi connectivity index (χ4n) is 6.16. The molecule has 13 nitrogen and oxygen atoms in total. The number of nitrogens with zero attached hydrogens (tertiary/aromatic N) is 5. The maximum absolute atomic E-state index is 13.6. The molecule has 50 heavy (non-hydrogen) atoms. The van der Waals surface area contributed by atoms with Gasteiger partial charge < -0.3 is 28.6 Å². The maximum Gasteiger partial charge on any atom is 0.410 e. The molecule has 1 amide bonds. The van der Waals surface area contributed by atoms with Gasteiger partial charge >= 0.3 is 12.1 Å². The van der Waals surface area contributed by atoms with Gasteiger partial charge in [0.2, 0.25) is 0 Å². The summed E-state index contributed by atoms with van der Waals surface area (Å²) in [7, 11) is -0.644. The third-order valence-electron chi connectivity index (χ3n) is 8.78. The van der Waals surface area contributed by atoms with Gasteiger partial charge in [-0.25, -0.2) is 24.3 Å². The summed E-state index contributed by atoms with van der Waals surface area (Å²) in [6.45, 7) is 5.64. The molecule has 1 fully saturated rings. The first-order valence-electron chi connectivity index (χ1n) is 16.8. The molecule has 3 aromatic heterocycles. The number of esters is 1. The zero-order valence-electron chi connectivity index (χ0n) is 29.1. The topological polar surface area (TPSA) is 155 Å². The molecule has 6 rings (SSSR count). The number of H-pyrrole nitrogens is 1. The predicted molar refractivity (Wildman–Crippen MR) is 192 cm³/mol. The third kappa shape index (κ3) is 8.36. The van der Waals surface area contributed by atoms with E-state index in [4.69, 9.17) is 23.8 Å². The van der Waals surface area contributed by atoms with Crippen LogP contribution in [0, 0.1) is 6.92 Å². The number of aromatic amines is 1. The Hall–Kier alpha value is -4.69. The van der Waals surface area contributed by atoms with E-state index in [1.165, 1.54) is 0 Å². The van der Waals surface area contributed by atoms with Gasteiger partial charge in [0.25, 0.3) is 17.3 Å². The Balaban J connectivity index is 1.17. The number of benzene rings is 2. The van der Waals surface area contributed by atoms with E-state index in [1.54, 1.807) is 16.5 Å². The zero-order chi connectivity index (χ0) is 35.4. The number of carbonyl (C=O) groups excluding carboxylic acids is 2. The Morgan fingerprint density at radius 2 is 1.88 bits per heavy atom. The van der Waals surface area contributed by atoms with Crippen LogP contribution in [0.2, 0.25) is 0 Å². The van der Waals surface area contributed by atoms with Crippen LogP contribution in [-0.2, 0) is 27.4 Å². The van der Waals surface area contributed by atoms with Crippen LogP contribution in [0.15, 0.2) is 58.0 Å².